The van der Waals surface area contributed by atoms with Gasteiger partial charge in [0.05, 0.1) is 16.8 Å². The van der Waals surface area contributed by atoms with Crippen molar-refractivity contribution in [1.82, 2.24) is 4.57 Å². The van der Waals surface area contributed by atoms with Crippen LogP contribution in [0.4, 0.5) is 5.69 Å². The number of hydrogen-bond donors (Lipinski definition) is 1. The minimum atomic E-state index is -0.851. The lowest BCUT2D eigenvalue weighted by atomic mass is 9.87. The molecule has 2 bridgehead atoms. The van der Waals surface area contributed by atoms with Gasteiger partial charge in [0, 0.05) is 37.1 Å². The van der Waals surface area contributed by atoms with Crippen LogP contribution in [0.15, 0.2) is 18.2 Å². The molecule has 0 aliphatic carbocycles. The summed E-state index contributed by atoms with van der Waals surface area (Å²) in [6.07, 6.45) is 2.45. The first kappa shape index (κ1) is 10.9. The molecule has 4 nitrogen and oxygen atoms in total. The molecule has 1 N–H and O–H groups in total. The second-order valence-corrected chi connectivity index (χ2v) is 5.59. The molecule has 98 valence electrons. The molecule has 1 saturated heterocycles. The monoisotopic (exact) mass is 256 g/mol. The van der Waals surface area contributed by atoms with Gasteiger partial charge >= 0.3 is 5.97 Å². The van der Waals surface area contributed by atoms with Crippen LogP contribution in [0.3, 0.4) is 0 Å². The average Bonchev–Trinajstić information content (AvgIpc) is 2.76. The van der Waals surface area contributed by atoms with E-state index in [1.54, 1.807) is 6.07 Å². The largest absolute Gasteiger partial charge is 0.478 e. The predicted molar refractivity (Wildman–Crippen MR) is 74.1 cm³/mol. The molecule has 0 saturated carbocycles. The first-order valence-corrected chi connectivity index (χ1v) is 6.77. The van der Waals surface area contributed by atoms with E-state index >= 15 is 0 Å². The average molecular weight is 256 g/mol. The summed E-state index contributed by atoms with van der Waals surface area (Å²) in [6.45, 7) is 2.21. The zero-order valence-corrected chi connectivity index (χ0v) is 10.9. The van der Waals surface area contributed by atoms with Crippen molar-refractivity contribution in [2.75, 3.05) is 18.0 Å². The number of carboxylic acid groups (broad SMARTS) is 1. The Bertz CT molecular complexity index is 694. The molecule has 5 rings (SSSR count). The molecule has 19 heavy (non-hydrogen) atoms. The maximum absolute atomic E-state index is 11.2. The van der Waals surface area contributed by atoms with E-state index in [-0.39, 0.29) is 0 Å². The van der Waals surface area contributed by atoms with Crippen LogP contribution in [0.1, 0.15) is 34.8 Å². The number of fused-ring (bicyclic) bond motifs is 3. The van der Waals surface area contributed by atoms with Gasteiger partial charge < -0.3 is 14.6 Å². The Morgan fingerprint density at radius 3 is 2.74 bits per heavy atom. The highest BCUT2D eigenvalue weighted by atomic mass is 16.4. The smallest absolute Gasteiger partial charge is 0.335 e. The van der Waals surface area contributed by atoms with Crippen molar-refractivity contribution in [3.8, 4) is 0 Å². The minimum Gasteiger partial charge on any atom is -0.478 e. The molecule has 0 spiro atoms. The van der Waals surface area contributed by atoms with Gasteiger partial charge in [0.25, 0.3) is 0 Å². The van der Waals surface area contributed by atoms with Crippen molar-refractivity contribution >= 4 is 22.6 Å². The summed E-state index contributed by atoms with van der Waals surface area (Å²) in [7, 11) is 2.10. The molecule has 4 heterocycles. The summed E-state index contributed by atoms with van der Waals surface area (Å²) in [6, 6.07) is 5.47. The Hall–Kier alpha value is -1.97. The molecule has 0 radical (unpaired) electrons. The first-order valence-electron chi connectivity index (χ1n) is 6.77. The highest BCUT2D eigenvalue weighted by Gasteiger charge is 2.35. The van der Waals surface area contributed by atoms with Gasteiger partial charge in [0.15, 0.2) is 0 Å². The third-order valence-corrected chi connectivity index (χ3v) is 4.66. The maximum Gasteiger partial charge on any atom is 0.335 e. The number of aromatic nitrogens is 1. The third-order valence-electron chi connectivity index (χ3n) is 4.66. The van der Waals surface area contributed by atoms with Gasteiger partial charge in [-0.25, -0.2) is 4.79 Å². The van der Waals surface area contributed by atoms with Crippen LogP contribution < -0.4 is 4.90 Å². The fourth-order valence-corrected chi connectivity index (χ4v) is 3.75. The van der Waals surface area contributed by atoms with Crippen molar-refractivity contribution in [2.45, 2.75) is 18.8 Å². The van der Waals surface area contributed by atoms with Crippen LogP contribution in [0, 0.1) is 0 Å². The normalized spacial score (nSPS) is 18.1. The second-order valence-electron chi connectivity index (χ2n) is 5.59. The summed E-state index contributed by atoms with van der Waals surface area (Å²) >= 11 is 0. The number of nitrogens with zero attached hydrogens (tertiary/aromatic N) is 2. The molecule has 3 aliphatic heterocycles. The summed E-state index contributed by atoms with van der Waals surface area (Å²) < 4.78 is 2.26. The van der Waals surface area contributed by atoms with E-state index in [1.807, 2.05) is 12.1 Å². The summed E-state index contributed by atoms with van der Waals surface area (Å²) in [4.78, 5) is 13.6. The lowest BCUT2D eigenvalue weighted by molar-refractivity contribution is 0.0697. The Morgan fingerprint density at radius 1 is 1.32 bits per heavy atom. The molecule has 1 fully saturated rings. The predicted octanol–water partition coefficient (Wildman–Crippen LogP) is 2.57. The van der Waals surface area contributed by atoms with Gasteiger partial charge in [0.2, 0.25) is 0 Å². The fourth-order valence-electron chi connectivity index (χ4n) is 3.75. The standard InChI is InChI=1S/C15H16N2O2/c1-16-12-3-2-10(15(18)19)8-11(12)14-13(16)9-4-6-17(14)7-5-9/h2-3,8-9H,4-7H2,1H3,(H,18,19). The Labute approximate surface area is 111 Å². The topological polar surface area (TPSA) is 45.5 Å². The molecule has 1 aromatic heterocycles. The first-order chi connectivity index (χ1) is 9.16. The Kier molecular flexibility index (Phi) is 2.03. The second kappa shape index (κ2) is 3.53. The molecule has 2 aromatic rings. The number of aryl methyl sites for hydroxylation is 1. The summed E-state index contributed by atoms with van der Waals surface area (Å²) in [5, 5.41) is 10.3. The number of aromatic carboxylic acids is 1. The molecular formula is C15H16N2O2. The number of anilines is 1. The molecule has 0 unspecified atom stereocenters. The molecular weight excluding hydrogens is 240 g/mol. The van der Waals surface area contributed by atoms with E-state index in [0.717, 1.165) is 24.0 Å². The Morgan fingerprint density at radius 2 is 2.05 bits per heavy atom. The van der Waals surface area contributed by atoms with Crippen molar-refractivity contribution in [2.24, 2.45) is 7.05 Å². The van der Waals surface area contributed by atoms with E-state index in [2.05, 4.69) is 16.5 Å². The van der Waals surface area contributed by atoms with Crippen molar-refractivity contribution in [3.05, 3.63) is 29.5 Å². The molecule has 1 aromatic carbocycles. The fraction of sp³-hybridized carbons (Fsp3) is 0.400. The van der Waals surface area contributed by atoms with Gasteiger partial charge in [-0.15, -0.1) is 0 Å². The molecule has 3 aliphatic rings. The number of piperidine rings is 1. The van der Waals surface area contributed by atoms with Crippen molar-refractivity contribution in [3.63, 3.8) is 0 Å². The number of hydrogen-bond acceptors (Lipinski definition) is 2. The highest BCUT2D eigenvalue weighted by molar-refractivity contribution is 6.01. The van der Waals surface area contributed by atoms with Gasteiger partial charge in [-0.05, 0) is 31.0 Å². The third kappa shape index (κ3) is 1.31. The number of carboxylic acids is 1. The van der Waals surface area contributed by atoms with Crippen LogP contribution in [-0.4, -0.2) is 28.7 Å². The summed E-state index contributed by atoms with van der Waals surface area (Å²) in [5.74, 6) is -0.207. The van der Waals surface area contributed by atoms with E-state index < -0.39 is 5.97 Å². The van der Waals surface area contributed by atoms with Crippen LogP contribution >= 0.6 is 0 Å². The van der Waals surface area contributed by atoms with Crippen LogP contribution in [0.25, 0.3) is 10.9 Å². The number of carbonyl (C=O) groups is 1. The van der Waals surface area contributed by atoms with E-state index in [4.69, 9.17) is 5.11 Å². The number of rotatable bonds is 1. The van der Waals surface area contributed by atoms with Gasteiger partial charge in [-0.1, -0.05) is 0 Å². The lowest BCUT2D eigenvalue weighted by Crippen LogP contribution is -2.39. The highest BCUT2D eigenvalue weighted by Crippen LogP contribution is 2.47. The van der Waals surface area contributed by atoms with Crippen molar-refractivity contribution in [1.29, 1.82) is 0 Å². The van der Waals surface area contributed by atoms with Crippen molar-refractivity contribution < 1.29 is 9.90 Å². The van der Waals surface area contributed by atoms with E-state index in [1.165, 1.54) is 24.2 Å². The van der Waals surface area contributed by atoms with Gasteiger partial charge in [-0.2, -0.15) is 0 Å². The zero-order chi connectivity index (χ0) is 13.1. The van der Waals surface area contributed by atoms with E-state index in [9.17, 15) is 4.79 Å². The van der Waals surface area contributed by atoms with E-state index in [0.29, 0.717) is 11.5 Å². The minimum absolute atomic E-state index is 0.378. The maximum atomic E-state index is 11.2. The molecule has 0 atom stereocenters. The molecule has 4 heteroatoms. The van der Waals surface area contributed by atoms with Crippen LogP contribution in [0.5, 0.6) is 0 Å². The van der Waals surface area contributed by atoms with Crippen LogP contribution in [0.2, 0.25) is 0 Å². The van der Waals surface area contributed by atoms with Crippen LogP contribution in [-0.2, 0) is 7.05 Å². The SMILES string of the molecule is Cn1c2c(c3cc(C(=O)O)ccc31)N1CCC2CC1. The summed E-state index contributed by atoms with van der Waals surface area (Å²) in [5.41, 5.74) is 4.20. The number of benzene rings is 1. The lowest BCUT2D eigenvalue weighted by Gasteiger charge is -2.41. The zero-order valence-electron chi connectivity index (χ0n) is 10.9. The van der Waals surface area contributed by atoms with Gasteiger partial charge in [-0.3, -0.25) is 0 Å². The van der Waals surface area contributed by atoms with Gasteiger partial charge in [0.1, 0.15) is 0 Å². The Balaban J connectivity index is 2.07. The molecule has 0 amide bonds. The quantitative estimate of drug-likeness (QED) is 0.853.